The van der Waals surface area contributed by atoms with E-state index in [9.17, 15) is 0 Å². The maximum absolute atomic E-state index is 5.34. The van der Waals surface area contributed by atoms with Crippen molar-refractivity contribution in [1.29, 1.82) is 0 Å². The lowest BCUT2D eigenvalue weighted by Crippen LogP contribution is -1.63. The SMILES string of the molecule is [CH]c1cc[c]cc1. The van der Waals surface area contributed by atoms with Gasteiger partial charge in [-0.05, 0) is 18.6 Å². The van der Waals surface area contributed by atoms with E-state index in [-0.39, 0.29) is 0 Å². The Balaban J connectivity index is 3.02. The molecule has 0 amide bonds. The molecule has 0 bridgehead atoms. The third-order valence-electron chi connectivity index (χ3n) is 0.744. The highest BCUT2D eigenvalue weighted by Gasteiger charge is 1.73. The maximum atomic E-state index is 5.34. The quantitative estimate of drug-likeness (QED) is 0.452. The van der Waals surface area contributed by atoms with Gasteiger partial charge in [0, 0.05) is 0 Å². The van der Waals surface area contributed by atoms with Gasteiger partial charge in [-0.1, -0.05) is 24.3 Å². The Bertz CT molecular complexity index is 130. The van der Waals surface area contributed by atoms with Crippen LogP contribution in [0.1, 0.15) is 5.56 Å². The van der Waals surface area contributed by atoms with Crippen LogP contribution < -0.4 is 0 Å². The van der Waals surface area contributed by atoms with Crippen molar-refractivity contribution in [3.8, 4) is 0 Å². The fraction of sp³-hybridized carbons (Fsp3) is 0. The van der Waals surface area contributed by atoms with Crippen LogP contribution in [0.15, 0.2) is 24.3 Å². The zero-order valence-electron chi connectivity index (χ0n) is 3.89. The Labute approximate surface area is 43.8 Å². The summed E-state index contributed by atoms with van der Waals surface area (Å²) in [4.78, 5) is 0. The monoisotopic (exact) mass is 89.0 g/mol. The Morgan fingerprint density at radius 3 is 2.14 bits per heavy atom. The highest BCUT2D eigenvalue weighted by molar-refractivity contribution is 5.15. The van der Waals surface area contributed by atoms with Crippen molar-refractivity contribution >= 4 is 0 Å². The van der Waals surface area contributed by atoms with Crippen LogP contribution in [0.4, 0.5) is 0 Å². The molecule has 1 aromatic carbocycles. The van der Waals surface area contributed by atoms with E-state index in [1.165, 1.54) is 0 Å². The minimum atomic E-state index is 0.791. The lowest BCUT2D eigenvalue weighted by Gasteiger charge is -1.81. The van der Waals surface area contributed by atoms with Crippen LogP contribution in [0, 0.1) is 13.0 Å². The van der Waals surface area contributed by atoms with Crippen molar-refractivity contribution in [2.45, 2.75) is 0 Å². The van der Waals surface area contributed by atoms with Gasteiger partial charge in [-0.3, -0.25) is 0 Å². The molecule has 0 atom stereocenters. The zero-order chi connectivity index (χ0) is 5.11. The first-order valence-corrected chi connectivity index (χ1v) is 2.11. The number of hydrogen-bond donors (Lipinski definition) is 0. The molecule has 0 heteroatoms. The Morgan fingerprint density at radius 1 is 1.29 bits per heavy atom. The molecule has 0 heterocycles. The molecule has 0 fully saturated rings. The molecule has 7 heavy (non-hydrogen) atoms. The molecule has 0 saturated heterocycles. The lowest BCUT2D eigenvalue weighted by molar-refractivity contribution is 1.61. The van der Waals surface area contributed by atoms with E-state index < -0.39 is 0 Å². The molecule has 33 valence electrons. The third kappa shape index (κ3) is 1.04. The molecular formula is C7H5. The van der Waals surface area contributed by atoms with E-state index in [2.05, 4.69) is 6.07 Å². The molecular weight excluding hydrogens is 84.1 g/mol. The molecule has 0 aliphatic rings. The second-order valence-electron chi connectivity index (χ2n) is 1.33. The minimum absolute atomic E-state index is 0.791. The van der Waals surface area contributed by atoms with Gasteiger partial charge in [-0.15, -0.1) is 0 Å². The summed E-state index contributed by atoms with van der Waals surface area (Å²) in [6, 6.07) is 10.0. The molecule has 0 saturated carbocycles. The average molecular weight is 89.1 g/mol. The summed E-state index contributed by atoms with van der Waals surface area (Å²) in [6.45, 7) is 5.34. The Kier molecular flexibility index (Phi) is 1.12. The van der Waals surface area contributed by atoms with E-state index in [1.54, 1.807) is 24.3 Å². The van der Waals surface area contributed by atoms with Gasteiger partial charge >= 0.3 is 0 Å². The van der Waals surface area contributed by atoms with Crippen molar-refractivity contribution in [3.63, 3.8) is 0 Å². The average Bonchev–Trinajstić information content (AvgIpc) is 1.69. The summed E-state index contributed by atoms with van der Waals surface area (Å²) < 4.78 is 0. The summed E-state index contributed by atoms with van der Waals surface area (Å²) >= 11 is 0. The molecule has 0 N–H and O–H groups in total. The summed E-state index contributed by atoms with van der Waals surface area (Å²) in [5.74, 6) is 0. The predicted molar refractivity (Wildman–Crippen MR) is 28.7 cm³/mol. The van der Waals surface area contributed by atoms with Gasteiger partial charge in [0.2, 0.25) is 0 Å². The smallest absolute Gasteiger partial charge is 0.00120 e. The summed E-state index contributed by atoms with van der Waals surface area (Å²) in [5, 5.41) is 0. The fourth-order valence-electron chi connectivity index (χ4n) is 0.400. The Hall–Kier alpha value is -0.780. The van der Waals surface area contributed by atoms with Gasteiger partial charge in [0.1, 0.15) is 0 Å². The van der Waals surface area contributed by atoms with Crippen molar-refractivity contribution in [1.82, 2.24) is 0 Å². The first-order chi connectivity index (χ1) is 3.39. The summed E-state index contributed by atoms with van der Waals surface area (Å²) in [5.41, 5.74) is 0.791. The fourth-order valence-corrected chi connectivity index (χ4v) is 0.400. The largest absolute Gasteiger partial charge is 0.0581 e. The van der Waals surface area contributed by atoms with Gasteiger partial charge in [0.05, 0.1) is 0 Å². The van der Waals surface area contributed by atoms with Crippen LogP contribution in [0.2, 0.25) is 0 Å². The molecule has 3 radical (unpaired) electrons. The number of rotatable bonds is 0. The van der Waals surface area contributed by atoms with Crippen molar-refractivity contribution in [2.75, 3.05) is 0 Å². The standard InChI is InChI=1S/C7H5/c1-7-5-3-2-4-6-7/h1,3-6H. The lowest BCUT2D eigenvalue weighted by atomic mass is 10.2. The van der Waals surface area contributed by atoms with E-state index in [1.807, 2.05) is 0 Å². The number of benzene rings is 1. The summed E-state index contributed by atoms with van der Waals surface area (Å²) in [6.07, 6.45) is 0. The highest BCUT2D eigenvalue weighted by Crippen LogP contribution is 1.91. The van der Waals surface area contributed by atoms with Crippen LogP contribution in [-0.4, -0.2) is 0 Å². The topological polar surface area (TPSA) is 0 Å². The molecule has 0 aliphatic heterocycles. The van der Waals surface area contributed by atoms with Crippen molar-refractivity contribution < 1.29 is 0 Å². The highest BCUT2D eigenvalue weighted by atomic mass is 13.8. The second kappa shape index (κ2) is 1.78. The predicted octanol–water partition coefficient (Wildman–Crippen LogP) is 1.55. The van der Waals surface area contributed by atoms with Crippen LogP contribution in [-0.2, 0) is 0 Å². The molecule has 1 rings (SSSR count). The second-order valence-corrected chi connectivity index (χ2v) is 1.33. The van der Waals surface area contributed by atoms with E-state index >= 15 is 0 Å². The molecule has 0 aromatic heterocycles. The number of hydrogen-bond acceptors (Lipinski definition) is 0. The maximum Gasteiger partial charge on any atom is -0.00120 e. The van der Waals surface area contributed by atoms with Gasteiger partial charge in [0.15, 0.2) is 0 Å². The minimum Gasteiger partial charge on any atom is -0.0581 e. The zero-order valence-corrected chi connectivity index (χ0v) is 3.89. The van der Waals surface area contributed by atoms with Crippen LogP contribution in [0.25, 0.3) is 0 Å². The summed E-state index contributed by atoms with van der Waals surface area (Å²) in [7, 11) is 0. The van der Waals surface area contributed by atoms with Gasteiger partial charge in [-0.25, -0.2) is 0 Å². The normalized spacial score (nSPS) is 8.71. The molecule has 0 spiro atoms. The molecule has 1 aromatic rings. The molecule has 0 aliphatic carbocycles. The van der Waals surface area contributed by atoms with Gasteiger partial charge in [-0.2, -0.15) is 0 Å². The third-order valence-corrected chi connectivity index (χ3v) is 0.744. The van der Waals surface area contributed by atoms with E-state index in [0.717, 1.165) is 5.56 Å². The van der Waals surface area contributed by atoms with E-state index in [0.29, 0.717) is 0 Å². The van der Waals surface area contributed by atoms with Crippen molar-refractivity contribution in [3.05, 3.63) is 42.8 Å². The first-order valence-electron chi connectivity index (χ1n) is 2.11. The van der Waals surface area contributed by atoms with Crippen molar-refractivity contribution in [2.24, 2.45) is 0 Å². The van der Waals surface area contributed by atoms with Crippen LogP contribution in [0.3, 0.4) is 0 Å². The van der Waals surface area contributed by atoms with Crippen LogP contribution in [0.5, 0.6) is 0 Å². The molecule has 0 unspecified atom stereocenters. The van der Waals surface area contributed by atoms with Crippen LogP contribution >= 0.6 is 0 Å². The molecule has 0 nitrogen and oxygen atoms in total. The Morgan fingerprint density at radius 2 is 1.86 bits per heavy atom. The van der Waals surface area contributed by atoms with Gasteiger partial charge < -0.3 is 0 Å². The first kappa shape index (κ1) is 4.38. The van der Waals surface area contributed by atoms with E-state index in [4.69, 9.17) is 6.92 Å². The van der Waals surface area contributed by atoms with Gasteiger partial charge in [0.25, 0.3) is 0 Å².